The van der Waals surface area contributed by atoms with E-state index in [2.05, 4.69) is 10.8 Å². The van der Waals surface area contributed by atoms with E-state index in [1.165, 1.54) is 13.0 Å². The summed E-state index contributed by atoms with van der Waals surface area (Å²) in [7, 11) is 1.71. The Bertz CT molecular complexity index is 344. The Morgan fingerprint density at radius 1 is 1.39 bits per heavy atom. The molecule has 0 spiro atoms. The number of nitrogens with zero attached hydrogens (tertiary/aromatic N) is 1. The van der Waals surface area contributed by atoms with Gasteiger partial charge in [-0.15, -0.1) is 0 Å². The van der Waals surface area contributed by atoms with Crippen molar-refractivity contribution in [2.24, 2.45) is 0 Å². The minimum absolute atomic E-state index is 0.0914. The molecule has 0 fully saturated rings. The Kier molecular flexibility index (Phi) is 9.73. The summed E-state index contributed by atoms with van der Waals surface area (Å²) in [6, 6.07) is 0. The molecule has 0 aromatic rings. The number of carbonyl (C=O) groups excluding carboxylic acids is 1. The number of esters is 1. The first-order chi connectivity index (χ1) is 8.02. The van der Waals surface area contributed by atoms with Crippen LogP contribution in [0.2, 0.25) is 0 Å². The van der Waals surface area contributed by atoms with Crippen molar-refractivity contribution < 1.29 is 31.2 Å². The summed E-state index contributed by atoms with van der Waals surface area (Å²) in [6.07, 6.45) is 1.18. The third-order valence-corrected chi connectivity index (χ3v) is 1.96. The van der Waals surface area contributed by atoms with Gasteiger partial charge in [-0.3, -0.25) is 4.18 Å². The summed E-state index contributed by atoms with van der Waals surface area (Å²) >= 11 is 0. The van der Waals surface area contributed by atoms with Crippen LogP contribution in [-0.2, 0) is 24.1 Å². The Morgan fingerprint density at radius 2 is 1.89 bits per heavy atom. The van der Waals surface area contributed by atoms with E-state index < -0.39 is 10.4 Å². The highest BCUT2D eigenvalue weighted by molar-refractivity contribution is 7.80. The van der Waals surface area contributed by atoms with Crippen molar-refractivity contribution in [1.29, 1.82) is 0 Å². The molecule has 0 aliphatic carbocycles. The predicted molar refractivity (Wildman–Crippen MR) is 65.4 cm³/mol. The van der Waals surface area contributed by atoms with Crippen LogP contribution in [0.15, 0.2) is 12.7 Å². The van der Waals surface area contributed by atoms with Gasteiger partial charge < -0.3 is 13.8 Å². The molecule has 0 rings (SSSR count). The van der Waals surface area contributed by atoms with Crippen molar-refractivity contribution in [3.05, 3.63) is 12.7 Å². The van der Waals surface area contributed by atoms with Gasteiger partial charge in [-0.25, -0.2) is 13.2 Å². The summed E-state index contributed by atoms with van der Waals surface area (Å²) in [4.78, 5) is 10.6. The van der Waals surface area contributed by atoms with E-state index in [-0.39, 0.29) is 12.6 Å². The lowest BCUT2D eigenvalue weighted by Gasteiger charge is -2.23. The van der Waals surface area contributed by atoms with Gasteiger partial charge in [-0.1, -0.05) is 6.58 Å². The average Bonchev–Trinajstić information content (AvgIpc) is 2.14. The van der Waals surface area contributed by atoms with Crippen molar-refractivity contribution >= 4 is 16.4 Å². The molecule has 0 saturated heterocycles. The molecule has 0 bridgehead atoms. The van der Waals surface area contributed by atoms with Crippen LogP contribution in [-0.4, -0.2) is 64.3 Å². The van der Waals surface area contributed by atoms with Gasteiger partial charge in [0.15, 0.2) is 0 Å². The third kappa shape index (κ3) is 20.5. The fourth-order valence-electron chi connectivity index (χ4n) is 0.623. The van der Waals surface area contributed by atoms with Crippen molar-refractivity contribution in [1.82, 2.24) is 0 Å². The molecule has 0 heterocycles. The molecule has 7 nitrogen and oxygen atoms in total. The molecule has 0 unspecified atom stereocenters. The molecule has 0 radical (unpaired) electrons. The minimum Gasteiger partial charge on any atom is -0.726 e. The van der Waals surface area contributed by atoms with Crippen LogP contribution in [0.5, 0.6) is 0 Å². The first-order valence-electron chi connectivity index (χ1n) is 5.21. The average molecular weight is 283 g/mol. The highest BCUT2D eigenvalue weighted by atomic mass is 32.3. The topological polar surface area (TPSA) is 92.7 Å². The number of likely N-dealkylation sites (N-methyl/N-ethyl adjacent to an activating group) is 1. The molecule has 0 amide bonds. The highest BCUT2D eigenvalue weighted by Gasteiger charge is 2.06. The van der Waals surface area contributed by atoms with Crippen LogP contribution in [0.1, 0.15) is 6.92 Å². The second-order valence-electron chi connectivity index (χ2n) is 4.20. The van der Waals surface area contributed by atoms with Gasteiger partial charge in [-0.05, 0) is 6.92 Å². The number of hydrogen-bond donors (Lipinski definition) is 0. The molecule has 0 aliphatic heterocycles. The van der Waals surface area contributed by atoms with Crippen molar-refractivity contribution in [2.45, 2.75) is 6.92 Å². The molecule has 0 atom stereocenters. The highest BCUT2D eigenvalue weighted by Crippen LogP contribution is 1.89. The maximum absolute atomic E-state index is 10.6. The number of rotatable bonds is 6. The van der Waals surface area contributed by atoms with Crippen LogP contribution in [0.3, 0.4) is 0 Å². The summed E-state index contributed by atoms with van der Waals surface area (Å²) in [6.45, 7) is 5.90. The van der Waals surface area contributed by atoms with Gasteiger partial charge in [0, 0.05) is 6.08 Å². The van der Waals surface area contributed by atoms with Gasteiger partial charge in [0.1, 0.15) is 13.2 Å². The van der Waals surface area contributed by atoms with Crippen molar-refractivity contribution in [3.63, 3.8) is 0 Å². The van der Waals surface area contributed by atoms with E-state index in [0.717, 1.165) is 11.0 Å². The van der Waals surface area contributed by atoms with Gasteiger partial charge in [0.2, 0.25) is 10.4 Å². The third-order valence-electron chi connectivity index (χ3n) is 1.44. The van der Waals surface area contributed by atoms with Crippen LogP contribution in [0.25, 0.3) is 0 Å². The predicted octanol–water partition coefficient (Wildman–Crippen LogP) is -0.0951. The van der Waals surface area contributed by atoms with Crippen LogP contribution < -0.4 is 0 Å². The largest absolute Gasteiger partial charge is 0.726 e. The quantitative estimate of drug-likeness (QED) is 0.222. The molecular weight excluding hydrogens is 262 g/mol. The van der Waals surface area contributed by atoms with Crippen LogP contribution in [0.4, 0.5) is 0 Å². The zero-order valence-corrected chi connectivity index (χ0v) is 12.0. The van der Waals surface area contributed by atoms with E-state index in [9.17, 15) is 17.8 Å². The van der Waals surface area contributed by atoms with E-state index in [4.69, 9.17) is 4.74 Å². The van der Waals surface area contributed by atoms with Crippen LogP contribution >= 0.6 is 0 Å². The van der Waals surface area contributed by atoms with Gasteiger partial charge in [0.05, 0.1) is 27.7 Å². The molecule has 0 saturated carbocycles. The second-order valence-corrected chi connectivity index (χ2v) is 5.25. The lowest BCUT2D eigenvalue weighted by Crippen LogP contribution is -2.37. The fourth-order valence-corrected chi connectivity index (χ4v) is 0.912. The summed E-state index contributed by atoms with van der Waals surface area (Å²) in [5, 5.41) is 0. The van der Waals surface area contributed by atoms with Crippen molar-refractivity contribution in [3.8, 4) is 0 Å². The maximum atomic E-state index is 10.6. The van der Waals surface area contributed by atoms with Crippen LogP contribution in [0, 0.1) is 0 Å². The van der Waals surface area contributed by atoms with Crippen molar-refractivity contribution in [2.75, 3.05) is 40.9 Å². The number of ether oxygens (including phenoxy) is 1. The Balaban J connectivity index is 0. The van der Waals surface area contributed by atoms with E-state index in [1.807, 2.05) is 21.1 Å². The number of carbonyl (C=O) groups is 1. The Hall–Kier alpha value is -0.960. The minimum atomic E-state index is -4.42. The molecular formula is C10H21NO6S. The molecule has 108 valence electrons. The molecule has 18 heavy (non-hydrogen) atoms. The normalized spacial score (nSPS) is 11.2. The van der Waals surface area contributed by atoms with E-state index in [0.29, 0.717) is 6.61 Å². The smallest absolute Gasteiger partial charge is 0.330 e. The second kappa shape index (κ2) is 9.03. The molecule has 0 N–H and O–H groups in total. The monoisotopic (exact) mass is 283 g/mol. The number of quaternary nitrogens is 1. The lowest BCUT2D eigenvalue weighted by molar-refractivity contribution is -0.870. The van der Waals surface area contributed by atoms with E-state index >= 15 is 0 Å². The number of hydrogen-bond acceptors (Lipinski definition) is 6. The molecule has 0 aromatic heterocycles. The van der Waals surface area contributed by atoms with Gasteiger partial charge in [-0.2, -0.15) is 0 Å². The summed E-state index contributed by atoms with van der Waals surface area (Å²) < 4.78 is 37.6. The molecule has 8 heteroatoms. The first kappa shape index (κ1) is 19.4. The fraction of sp³-hybridized carbons (Fsp3) is 0.700. The Morgan fingerprint density at radius 3 is 2.11 bits per heavy atom. The molecule has 0 aromatic carbocycles. The zero-order chi connectivity index (χ0) is 14.8. The van der Waals surface area contributed by atoms with Gasteiger partial charge >= 0.3 is 5.97 Å². The maximum Gasteiger partial charge on any atom is 0.330 e. The summed E-state index contributed by atoms with van der Waals surface area (Å²) in [5.41, 5.74) is 0. The zero-order valence-electron chi connectivity index (χ0n) is 11.2. The standard InChI is InChI=1S/C8H16NO2.C2H6O4S/c1-5-8(10)11-7-6-9(2,3)4;1-2-6-7(3,4)5/h5H,1,6-7H2,2-4H3;2H2,1H3,(H,3,4,5)/q+1;/p-1. The van der Waals surface area contributed by atoms with E-state index in [1.54, 1.807) is 0 Å². The van der Waals surface area contributed by atoms with Gasteiger partial charge in [0.25, 0.3) is 0 Å². The molecule has 0 aliphatic rings. The first-order valence-corrected chi connectivity index (χ1v) is 6.55. The lowest BCUT2D eigenvalue weighted by atomic mass is 10.5. The SMILES string of the molecule is C=CC(=O)OCC[N+](C)(C)C.CCOS(=O)(=O)[O-]. The Labute approximate surface area is 109 Å². The summed E-state index contributed by atoms with van der Waals surface area (Å²) in [5.74, 6) is -0.349.